The molecule has 2 N–H and O–H groups in total. The molecule has 0 amide bonds. The first-order valence-corrected chi connectivity index (χ1v) is 7.11. The normalized spacial score (nSPS) is 30.6. The largest absolute Gasteiger partial charge is 0.328 e. The molecule has 1 saturated carbocycles. The summed E-state index contributed by atoms with van der Waals surface area (Å²) in [5, 5.41) is 0. The van der Waals surface area contributed by atoms with Gasteiger partial charge >= 0.3 is 0 Å². The minimum absolute atomic E-state index is 0.258. The van der Waals surface area contributed by atoms with Gasteiger partial charge in [0.15, 0.2) is 0 Å². The average molecular weight is 229 g/mol. The summed E-state index contributed by atoms with van der Waals surface area (Å²) in [6.45, 7) is 2.22. The fourth-order valence-electron chi connectivity index (χ4n) is 2.63. The predicted molar refractivity (Wildman–Crippen MR) is 68.3 cm³/mol. The number of unbranched alkanes of at least 4 members (excludes halogenated alkanes) is 5. The van der Waals surface area contributed by atoms with Crippen LogP contribution in [0.4, 0.5) is 4.39 Å². The van der Waals surface area contributed by atoms with Crippen molar-refractivity contribution in [3.8, 4) is 0 Å². The molecule has 0 radical (unpaired) electrons. The lowest BCUT2D eigenvalue weighted by Gasteiger charge is -2.32. The fraction of sp³-hybridized carbons (Fsp3) is 1.00. The van der Waals surface area contributed by atoms with Crippen LogP contribution in [-0.2, 0) is 0 Å². The standard InChI is InChI=1S/C14H28FN/c1-2-3-4-5-6-7-10-14(15)11-8-13(16)9-12-14/h13H,2-12,16H2,1H3. The smallest absolute Gasteiger partial charge is 0.111 e. The Labute approximate surface area is 100.0 Å². The molecule has 1 fully saturated rings. The van der Waals surface area contributed by atoms with E-state index in [1.54, 1.807) is 0 Å². The summed E-state index contributed by atoms with van der Waals surface area (Å²) in [5.41, 5.74) is 4.92. The van der Waals surface area contributed by atoms with Crippen molar-refractivity contribution in [3.63, 3.8) is 0 Å². The van der Waals surface area contributed by atoms with Crippen LogP contribution in [0.15, 0.2) is 0 Å². The Kier molecular flexibility index (Phi) is 6.33. The van der Waals surface area contributed by atoms with E-state index < -0.39 is 5.67 Å². The molecule has 16 heavy (non-hydrogen) atoms. The summed E-state index contributed by atoms with van der Waals surface area (Å²) in [6, 6.07) is 0.258. The first kappa shape index (κ1) is 14.0. The minimum atomic E-state index is -0.874. The van der Waals surface area contributed by atoms with Gasteiger partial charge in [-0.15, -0.1) is 0 Å². The van der Waals surface area contributed by atoms with E-state index in [2.05, 4.69) is 6.92 Å². The number of rotatable bonds is 7. The summed E-state index contributed by atoms with van der Waals surface area (Å²) < 4.78 is 14.3. The number of hydrogen-bond acceptors (Lipinski definition) is 1. The van der Waals surface area contributed by atoms with Crippen LogP contribution < -0.4 is 5.73 Å². The lowest BCUT2D eigenvalue weighted by molar-refractivity contribution is 0.0857. The average Bonchev–Trinajstić information content (AvgIpc) is 2.28. The van der Waals surface area contributed by atoms with Gasteiger partial charge in [0, 0.05) is 6.04 Å². The van der Waals surface area contributed by atoms with Gasteiger partial charge in [0.05, 0.1) is 0 Å². The Bertz CT molecular complexity index is 174. The molecule has 0 aromatic rings. The Morgan fingerprint density at radius 3 is 2.25 bits per heavy atom. The number of halogens is 1. The Morgan fingerprint density at radius 1 is 1.06 bits per heavy atom. The first-order valence-electron chi connectivity index (χ1n) is 7.11. The van der Waals surface area contributed by atoms with Crippen LogP contribution >= 0.6 is 0 Å². The maximum atomic E-state index is 14.3. The van der Waals surface area contributed by atoms with Crippen LogP contribution in [0.5, 0.6) is 0 Å². The van der Waals surface area contributed by atoms with E-state index in [-0.39, 0.29) is 6.04 Å². The second-order valence-corrected chi connectivity index (χ2v) is 5.51. The van der Waals surface area contributed by atoms with Gasteiger partial charge in [0.25, 0.3) is 0 Å². The quantitative estimate of drug-likeness (QED) is 0.645. The van der Waals surface area contributed by atoms with E-state index >= 15 is 0 Å². The molecule has 0 atom stereocenters. The lowest BCUT2D eigenvalue weighted by atomic mass is 9.81. The third-order valence-electron chi connectivity index (χ3n) is 3.90. The van der Waals surface area contributed by atoms with Crippen LogP contribution in [0.1, 0.15) is 77.6 Å². The third kappa shape index (κ3) is 5.29. The van der Waals surface area contributed by atoms with Crippen molar-refractivity contribution < 1.29 is 4.39 Å². The number of nitrogens with two attached hydrogens (primary N) is 1. The van der Waals surface area contributed by atoms with E-state index in [0.717, 1.165) is 25.7 Å². The molecule has 0 saturated heterocycles. The van der Waals surface area contributed by atoms with E-state index in [0.29, 0.717) is 12.8 Å². The molecule has 0 unspecified atom stereocenters. The van der Waals surface area contributed by atoms with Crippen LogP contribution in [-0.4, -0.2) is 11.7 Å². The highest BCUT2D eigenvalue weighted by Gasteiger charge is 2.33. The first-order chi connectivity index (χ1) is 7.66. The lowest BCUT2D eigenvalue weighted by Crippen LogP contribution is -2.35. The maximum Gasteiger partial charge on any atom is 0.111 e. The molecule has 1 aliphatic rings. The van der Waals surface area contributed by atoms with Gasteiger partial charge in [-0.05, 0) is 32.1 Å². The molecule has 1 rings (SSSR count). The Morgan fingerprint density at radius 2 is 1.62 bits per heavy atom. The summed E-state index contributed by atoms with van der Waals surface area (Å²) >= 11 is 0. The SMILES string of the molecule is CCCCCCCCC1(F)CCC(N)CC1. The van der Waals surface area contributed by atoms with Crippen molar-refractivity contribution in [3.05, 3.63) is 0 Å². The van der Waals surface area contributed by atoms with Gasteiger partial charge in [0.2, 0.25) is 0 Å². The van der Waals surface area contributed by atoms with E-state index in [1.165, 1.54) is 32.1 Å². The van der Waals surface area contributed by atoms with Gasteiger partial charge < -0.3 is 5.73 Å². The van der Waals surface area contributed by atoms with Crippen LogP contribution in [0.25, 0.3) is 0 Å². The van der Waals surface area contributed by atoms with Gasteiger partial charge in [-0.25, -0.2) is 4.39 Å². The summed E-state index contributed by atoms with van der Waals surface area (Å²) in [6.07, 6.45) is 11.4. The van der Waals surface area contributed by atoms with E-state index in [1.807, 2.05) is 0 Å². The highest BCUT2D eigenvalue weighted by Crippen LogP contribution is 2.35. The molecule has 0 aromatic carbocycles. The molecule has 0 aliphatic heterocycles. The second-order valence-electron chi connectivity index (χ2n) is 5.51. The zero-order valence-electron chi connectivity index (χ0n) is 10.8. The summed E-state index contributed by atoms with van der Waals surface area (Å²) in [5.74, 6) is 0. The molecule has 0 heterocycles. The Hall–Kier alpha value is -0.110. The molecular formula is C14H28FN. The van der Waals surface area contributed by atoms with Crippen molar-refractivity contribution in [2.45, 2.75) is 89.3 Å². The predicted octanol–water partition coefficient (Wildman–Crippen LogP) is 4.35. The summed E-state index contributed by atoms with van der Waals surface area (Å²) in [4.78, 5) is 0. The maximum absolute atomic E-state index is 14.3. The fourth-order valence-corrected chi connectivity index (χ4v) is 2.63. The summed E-state index contributed by atoms with van der Waals surface area (Å²) in [7, 11) is 0. The highest BCUT2D eigenvalue weighted by atomic mass is 19.1. The van der Waals surface area contributed by atoms with Gasteiger partial charge in [-0.2, -0.15) is 0 Å². The van der Waals surface area contributed by atoms with E-state index in [9.17, 15) is 4.39 Å². The van der Waals surface area contributed by atoms with Crippen molar-refractivity contribution in [1.82, 2.24) is 0 Å². The topological polar surface area (TPSA) is 26.0 Å². The minimum Gasteiger partial charge on any atom is -0.328 e. The third-order valence-corrected chi connectivity index (χ3v) is 3.90. The van der Waals surface area contributed by atoms with Crippen molar-refractivity contribution in [1.29, 1.82) is 0 Å². The van der Waals surface area contributed by atoms with Crippen molar-refractivity contribution >= 4 is 0 Å². The monoisotopic (exact) mass is 229 g/mol. The highest BCUT2D eigenvalue weighted by molar-refractivity contribution is 4.87. The van der Waals surface area contributed by atoms with E-state index in [4.69, 9.17) is 5.73 Å². The number of alkyl halides is 1. The van der Waals surface area contributed by atoms with Crippen molar-refractivity contribution in [2.75, 3.05) is 0 Å². The molecule has 1 nitrogen and oxygen atoms in total. The molecular weight excluding hydrogens is 201 g/mol. The van der Waals surface area contributed by atoms with Crippen LogP contribution in [0.2, 0.25) is 0 Å². The van der Waals surface area contributed by atoms with Crippen LogP contribution in [0, 0.1) is 0 Å². The van der Waals surface area contributed by atoms with Gasteiger partial charge in [-0.1, -0.05) is 45.4 Å². The van der Waals surface area contributed by atoms with Crippen molar-refractivity contribution in [2.24, 2.45) is 5.73 Å². The Balaban J connectivity index is 2.03. The number of hydrogen-bond donors (Lipinski definition) is 1. The zero-order chi connectivity index (χ0) is 11.9. The molecule has 2 heteroatoms. The zero-order valence-corrected chi connectivity index (χ0v) is 10.8. The van der Waals surface area contributed by atoms with Gasteiger partial charge in [0.1, 0.15) is 5.67 Å². The molecule has 0 spiro atoms. The molecule has 0 aromatic heterocycles. The second kappa shape index (κ2) is 7.26. The molecule has 96 valence electrons. The molecule has 1 aliphatic carbocycles. The van der Waals surface area contributed by atoms with Crippen LogP contribution in [0.3, 0.4) is 0 Å². The molecule has 0 bridgehead atoms. The van der Waals surface area contributed by atoms with Gasteiger partial charge in [-0.3, -0.25) is 0 Å².